The van der Waals surface area contributed by atoms with Crippen LogP contribution in [0, 0.1) is 0 Å². The Morgan fingerprint density at radius 2 is 1.94 bits per heavy atom. The van der Waals surface area contributed by atoms with Crippen molar-refractivity contribution in [1.82, 2.24) is 15.2 Å². The van der Waals surface area contributed by atoms with Crippen LogP contribution in [0.15, 0.2) is 28.6 Å². The Bertz CT molecular complexity index is 869. The van der Waals surface area contributed by atoms with Crippen molar-refractivity contribution in [3.05, 3.63) is 39.8 Å². The first-order chi connectivity index (χ1) is 14.3. The number of benzene rings is 1. The molecule has 6 nitrogen and oxygen atoms in total. The zero-order valence-electron chi connectivity index (χ0n) is 17.5. The molecule has 2 aromatic rings. The van der Waals surface area contributed by atoms with Gasteiger partial charge in [-0.25, -0.2) is 4.98 Å². The van der Waals surface area contributed by atoms with Gasteiger partial charge in [0.15, 0.2) is 11.7 Å². The molecule has 0 spiro atoms. The van der Waals surface area contributed by atoms with E-state index in [0.29, 0.717) is 23.9 Å². The van der Waals surface area contributed by atoms with Gasteiger partial charge in [-0.1, -0.05) is 0 Å². The van der Waals surface area contributed by atoms with E-state index < -0.39 is 11.9 Å². The number of halogens is 4. The normalized spacial score (nSPS) is 16.8. The lowest BCUT2D eigenvalue weighted by Gasteiger charge is -2.22. The molecule has 1 unspecified atom stereocenters. The van der Waals surface area contributed by atoms with Crippen molar-refractivity contribution < 1.29 is 22.6 Å². The number of thiazole rings is 1. The summed E-state index contributed by atoms with van der Waals surface area (Å²) in [4.78, 5) is 10.1. The van der Waals surface area contributed by atoms with Gasteiger partial charge in [-0.3, -0.25) is 4.99 Å². The van der Waals surface area contributed by atoms with E-state index in [1.807, 2.05) is 18.2 Å². The Morgan fingerprint density at radius 1 is 1.26 bits per heavy atom. The predicted molar refractivity (Wildman–Crippen MR) is 126 cm³/mol. The highest BCUT2D eigenvalue weighted by atomic mass is 127. The first-order valence-electron chi connectivity index (χ1n) is 9.54. The number of hydrogen-bond acceptors (Lipinski definition) is 5. The molecule has 0 saturated carbocycles. The van der Waals surface area contributed by atoms with Crippen LogP contribution in [0.5, 0.6) is 11.5 Å². The summed E-state index contributed by atoms with van der Waals surface area (Å²) in [5.41, 5.74) is 0.314. The smallest absolute Gasteiger partial charge is 0.434 e. The minimum atomic E-state index is -4.40. The Balaban J connectivity index is 0.00000341. The lowest BCUT2D eigenvalue weighted by molar-refractivity contribution is -0.140. The topological polar surface area (TPSA) is 59.0 Å². The molecule has 1 fully saturated rings. The van der Waals surface area contributed by atoms with Crippen LogP contribution in [-0.4, -0.2) is 56.7 Å². The number of hydrogen-bond donors (Lipinski definition) is 1. The van der Waals surface area contributed by atoms with E-state index in [1.165, 1.54) is 0 Å². The number of aromatic nitrogens is 1. The van der Waals surface area contributed by atoms with Crippen molar-refractivity contribution in [3.8, 4) is 11.5 Å². The molecule has 1 N–H and O–H groups in total. The fourth-order valence-corrected chi connectivity index (χ4v) is 4.26. The number of ether oxygens (including phenoxy) is 2. The Hall–Kier alpha value is -1.76. The van der Waals surface area contributed by atoms with Gasteiger partial charge in [0.1, 0.15) is 11.5 Å². The molecule has 1 aliphatic heterocycles. The summed E-state index contributed by atoms with van der Waals surface area (Å²) in [6.07, 6.45) is -3.03. The Kier molecular flexibility index (Phi) is 9.22. The summed E-state index contributed by atoms with van der Waals surface area (Å²) >= 11 is 1.02. The minimum Gasteiger partial charge on any atom is -0.497 e. The molecule has 1 atom stereocenters. The van der Waals surface area contributed by atoms with Crippen molar-refractivity contribution in [1.29, 1.82) is 0 Å². The van der Waals surface area contributed by atoms with Gasteiger partial charge in [0.25, 0.3) is 0 Å². The van der Waals surface area contributed by atoms with Gasteiger partial charge >= 0.3 is 6.18 Å². The molecule has 1 aromatic heterocycles. The average Bonchev–Trinajstić information content (AvgIpc) is 3.40. The zero-order valence-corrected chi connectivity index (χ0v) is 20.7. The van der Waals surface area contributed by atoms with E-state index >= 15 is 0 Å². The maximum absolute atomic E-state index is 12.7. The quantitative estimate of drug-likeness (QED) is 0.317. The third-order valence-corrected chi connectivity index (χ3v) is 5.92. The third kappa shape index (κ3) is 6.61. The minimum absolute atomic E-state index is 0. The van der Waals surface area contributed by atoms with Crippen LogP contribution < -0.4 is 14.8 Å². The molecule has 2 heterocycles. The highest BCUT2D eigenvalue weighted by Crippen LogP contribution is 2.33. The summed E-state index contributed by atoms with van der Waals surface area (Å²) in [7, 11) is 4.96. The monoisotopic (exact) mass is 570 g/mol. The van der Waals surface area contributed by atoms with Gasteiger partial charge < -0.3 is 19.7 Å². The first kappa shape index (κ1) is 25.5. The standard InChI is InChI=1S/C20H25F3N4O2S.HI/c1-24-19(25-6-4-18-26-17(12-30-18)20(21,22)23)27-7-5-13(11-27)14-8-15(28-2)10-16(9-14)29-3;/h8-10,12-13H,4-7,11H2,1-3H3,(H,24,25);1H. The van der Waals surface area contributed by atoms with E-state index in [1.54, 1.807) is 21.3 Å². The molecule has 31 heavy (non-hydrogen) atoms. The molecule has 172 valence electrons. The van der Waals surface area contributed by atoms with Crippen molar-refractivity contribution in [2.24, 2.45) is 4.99 Å². The fraction of sp³-hybridized carbons (Fsp3) is 0.500. The van der Waals surface area contributed by atoms with Crippen molar-refractivity contribution in [2.45, 2.75) is 24.9 Å². The van der Waals surface area contributed by atoms with E-state index in [-0.39, 0.29) is 24.0 Å². The number of rotatable bonds is 6. The van der Waals surface area contributed by atoms with E-state index in [0.717, 1.165) is 59.2 Å². The Labute approximate surface area is 200 Å². The van der Waals surface area contributed by atoms with Crippen LogP contribution in [0.2, 0.25) is 0 Å². The lowest BCUT2D eigenvalue weighted by Crippen LogP contribution is -2.40. The molecular formula is C20H26F3IN4O2S. The molecule has 0 radical (unpaired) electrons. The van der Waals surface area contributed by atoms with Gasteiger partial charge in [0.2, 0.25) is 0 Å². The number of nitrogens with one attached hydrogen (secondary N) is 1. The highest BCUT2D eigenvalue weighted by Gasteiger charge is 2.33. The van der Waals surface area contributed by atoms with Gasteiger partial charge in [-0.15, -0.1) is 35.3 Å². The lowest BCUT2D eigenvalue weighted by atomic mass is 9.98. The van der Waals surface area contributed by atoms with Gasteiger partial charge in [0, 0.05) is 50.5 Å². The van der Waals surface area contributed by atoms with Gasteiger partial charge in [0.05, 0.1) is 19.2 Å². The third-order valence-electron chi connectivity index (χ3n) is 5.01. The molecule has 3 rings (SSSR count). The van der Waals surface area contributed by atoms with Crippen LogP contribution in [0.3, 0.4) is 0 Å². The largest absolute Gasteiger partial charge is 0.497 e. The van der Waals surface area contributed by atoms with E-state index in [9.17, 15) is 13.2 Å². The number of guanidine groups is 1. The second-order valence-electron chi connectivity index (χ2n) is 6.93. The average molecular weight is 570 g/mol. The molecule has 1 aliphatic rings. The summed E-state index contributed by atoms with van der Waals surface area (Å²) in [6, 6.07) is 5.89. The van der Waals surface area contributed by atoms with Crippen LogP contribution >= 0.6 is 35.3 Å². The summed E-state index contributed by atoms with van der Waals surface area (Å²) in [5.74, 6) is 2.56. The summed E-state index contributed by atoms with van der Waals surface area (Å²) in [6.45, 7) is 2.08. The molecule has 1 aromatic carbocycles. The number of alkyl halides is 3. The number of aliphatic imine (C=N–C) groups is 1. The number of methoxy groups -OCH3 is 2. The Morgan fingerprint density at radius 3 is 2.48 bits per heavy atom. The maximum Gasteiger partial charge on any atom is 0.434 e. The van der Waals surface area contributed by atoms with Gasteiger partial charge in [-0.2, -0.15) is 13.2 Å². The molecule has 0 amide bonds. The van der Waals surface area contributed by atoms with Crippen molar-refractivity contribution in [3.63, 3.8) is 0 Å². The first-order valence-corrected chi connectivity index (χ1v) is 10.4. The molecule has 0 aliphatic carbocycles. The SMILES string of the molecule is CN=C(NCCc1nc(C(F)(F)F)cs1)N1CCC(c2cc(OC)cc(OC)c2)C1.I. The maximum atomic E-state index is 12.7. The van der Waals surface area contributed by atoms with Crippen molar-refractivity contribution >= 4 is 41.3 Å². The molecular weight excluding hydrogens is 544 g/mol. The molecule has 0 bridgehead atoms. The van der Waals surface area contributed by atoms with Crippen LogP contribution in [0.4, 0.5) is 13.2 Å². The number of nitrogens with zero attached hydrogens (tertiary/aromatic N) is 3. The zero-order chi connectivity index (χ0) is 21.7. The number of likely N-dealkylation sites (tertiary alicyclic amines) is 1. The van der Waals surface area contributed by atoms with Gasteiger partial charge in [-0.05, 0) is 24.1 Å². The predicted octanol–water partition coefficient (Wildman–Crippen LogP) is 4.40. The molecule has 1 saturated heterocycles. The van der Waals surface area contributed by atoms with E-state index in [2.05, 4.69) is 20.2 Å². The van der Waals surface area contributed by atoms with E-state index in [4.69, 9.17) is 9.47 Å². The van der Waals surface area contributed by atoms with Crippen LogP contribution in [-0.2, 0) is 12.6 Å². The summed E-state index contributed by atoms with van der Waals surface area (Å²) < 4.78 is 48.7. The summed E-state index contributed by atoms with van der Waals surface area (Å²) in [5, 5.41) is 4.74. The van der Waals surface area contributed by atoms with Crippen LogP contribution in [0.1, 0.15) is 28.6 Å². The van der Waals surface area contributed by atoms with Crippen LogP contribution in [0.25, 0.3) is 0 Å². The fourth-order valence-electron chi connectivity index (χ4n) is 3.46. The molecule has 11 heteroatoms. The second-order valence-corrected chi connectivity index (χ2v) is 7.87. The second kappa shape index (κ2) is 11.2. The van der Waals surface area contributed by atoms with Crippen molar-refractivity contribution in [2.75, 3.05) is 40.9 Å². The highest BCUT2D eigenvalue weighted by molar-refractivity contribution is 14.0.